The van der Waals surface area contributed by atoms with Gasteiger partial charge in [0.2, 0.25) is 11.8 Å². The smallest absolute Gasteiger partial charge is 0.242 e. The minimum atomic E-state index is -0.536. The van der Waals surface area contributed by atoms with Gasteiger partial charge in [0.05, 0.1) is 12.9 Å². The summed E-state index contributed by atoms with van der Waals surface area (Å²) in [6.45, 7) is 6.38. The van der Waals surface area contributed by atoms with Crippen LogP contribution >= 0.6 is 11.8 Å². The predicted molar refractivity (Wildman–Crippen MR) is 135 cm³/mol. The van der Waals surface area contributed by atoms with Crippen LogP contribution in [0.4, 0.5) is 0 Å². The maximum atomic E-state index is 13.3. The number of nitrogens with one attached hydrogen (secondary N) is 1. The van der Waals surface area contributed by atoms with Crippen molar-refractivity contribution in [2.45, 2.75) is 70.8 Å². The summed E-state index contributed by atoms with van der Waals surface area (Å²) < 4.78 is 5.34. The largest absolute Gasteiger partial charge is 0.497 e. The van der Waals surface area contributed by atoms with Gasteiger partial charge in [0.1, 0.15) is 11.8 Å². The zero-order valence-corrected chi connectivity index (χ0v) is 21.0. The Kier molecular flexibility index (Phi) is 9.24. The molecule has 0 radical (unpaired) electrons. The van der Waals surface area contributed by atoms with Crippen molar-refractivity contribution >= 4 is 23.6 Å². The molecule has 0 unspecified atom stereocenters. The van der Waals surface area contributed by atoms with Crippen LogP contribution in [0.25, 0.3) is 0 Å². The molecular formula is C27H36N2O3S. The third-order valence-corrected chi connectivity index (χ3v) is 7.12. The van der Waals surface area contributed by atoms with Gasteiger partial charge in [-0.2, -0.15) is 0 Å². The van der Waals surface area contributed by atoms with Crippen molar-refractivity contribution in [3.05, 3.63) is 64.7 Å². The maximum absolute atomic E-state index is 13.3. The lowest BCUT2D eigenvalue weighted by atomic mass is 10.1. The summed E-state index contributed by atoms with van der Waals surface area (Å²) in [5.74, 6) is 1.74. The highest BCUT2D eigenvalue weighted by atomic mass is 32.2. The normalized spacial score (nSPS) is 14.7. The van der Waals surface area contributed by atoms with Crippen molar-refractivity contribution in [3.8, 4) is 5.75 Å². The first-order valence-electron chi connectivity index (χ1n) is 11.7. The number of thioether (sulfide) groups is 1. The van der Waals surface area contributed by atoms with Crippen LogP contribution in [-0.2, 0) is 21.9 Å². The summed E-state index contributed by atoms with van der Waals surface area (Å²) in [6, 6.07) is 13.9. The van der Waals surface area contributed by atoms with Gasteiger partial charge in [-0.3, -0.25) is 9.59 Å². The van der Waals surface area contributed by atoms with E-state index in [1.807, 2.05) is 31.2 Å². The molecule has 0 aliphatic heterocycles. The van der Waals surface area contributed by atoms with E-state index in [9.17, 15) is 9.59 Å². The Balaban J connectivity index is 1.68. The fraction of sp³-hybridized carbons (Fsp3) is 0.481. The molecule has 0 bridgehead atoms. The number of carbonyl (C=O) groups excluding carboxylic acids is 2. The zero-order chi connectivity index (χ0) is 23.8. The van der Waals surface area contributed by atoms with Gasteiger partial charge in [0, 0.05) is 18.3 Å². The van der Waals surface area contributed by atoms with E-state index in [2.05, 4.69) is 37.4 Å². The number of carbonyl (C=O) groups is 2. The van der Waals surface area contributed by atoms with Crippen LogP contribution in [0.3, 0.4) is 0 Å². The maximum Gasteiger partial charge on any atom is 0.242 e. The number of hydrogen-bond donors (Lipinski definition) is 1. The summed E-state index contributed by atoms with van der Waals surface area (Å²) >= 11 is 1.59. The van der Waals surface area contributed by atoms with Gasteiger partial charge in [-0.25, -0.2) is 0 Å². The molecular weight excluding hydrogens is 432 g/mol. The lowest BCUT2D eigenvalue weighted by Crippen LogP contribution is -2.50. The Bertz CT molecular complexity index is 936. The monoisotopic (exact) mass is 468 g/mol. The molecule has 1 N–H and O–H groups in total. The number of methoxy groups -OCH3 is 1. The highest BCUT2D eigenvalue weighted by Gasteiger charge is 2.28. The van der Waals surface area contributed by atoms with E-state index in [1.165, 1.54) is 16.7 Å². The highest BCUT2D eigenvalue weighted by molar-refractivity contribution is 7.99. The summed E-state index contributed by atoms with van der Waals surface area (Å²) in [5, 5.41) is 3.15. The molecule has 3 rings (SSSR count). The minimum Gasteiger partial charge on any atom is -0.497 e. The number of amides is 2. The van der Waals surface area contributed by atoms with Gasteiger partial charge < -0.3 is 15.0 Å². The third-order valence-electron chi connectivity index (χ3n) is 6.13. The summed E-state index contributed by atoms with van der Waals surface area (Å²) in [6.07, 6.45) is 4.35. The van der Waals surface area contributed by atoms with E-state index >= 15 is 0 Å². The average Bonchev–Trinajstić information content (AvgIpc) is 3.29. The quantitative estimate of drug-likeness (QED) is 0.532. The number of aryl methyl sites for hydroxylation is 2. The first kappa shape index (κ1) is 25.2. The van der Waals surface area contributed by atoms with Gasteiger partial charge in [-0.15, -0.1) is 11.8 Å². The number of hydrogen-bond acceptors (Lipinski definition) is 4. The fourth-order valence-corrected chi connectivity index (χ4v) is 5.28. The molecule has 178 valence electrons. The molecule has 0 heterocycles. The van der Waals surface area contributed by atoms with Crippen LogP contribution in [-0.4, -0.2) is 41.7 Å². The molecule has 6 heteroatoms. The second kappa shape index (κ2) is 12.1. The Morgan fingerprint density at radius 2 is 1.79 bits per heavy atom. The first-order valence-corrected chi connectivity index (χ1v) is 12.9. The molecule has 2 aromatic carbocycles. The van der Waals surface area contributed by atoms with Crippen LogP contribution in [0.5, 0.6) is 5.75 Å². The SMILES string of the molecule is COc1cccc(CN(C(=O)CSCc2cc(C)cc(C)c2)[C@H](C)C(=O)NC2CCCC2)c1. The summed E-state index contributed by atoms with van der Waals surface area (Å²) in [7, 11) is 1.63. The van der Waals surface area contributed by atoms with Crippen molar-refractivity contribution in [2.24, 2.45) is 0 Å². The Hall–Kier alpha value is -2.47. The Labute approximate surface area is 202 Å². The van der Waals surface area contributed by atoms with E-state index in [0.29, 0.717) is 12.3 Å². The Morgan fingerprint density at radius 3 is 2.45 bits per heavy atom. The van der Waals surface area contributed by atoms with E-state index < -0.39 is 6.04 Å². The van der Waals surface area contributed by atoms with Crippen LogP contribution in [0.1, 0.15) is 54.9 Å². The first-order chi connectivity index (χ1) is 15.9. The van der Waals surface area contributed by atoms with Gasteiger partial charge in [-0.05, 0) is 56.9 Å². The zero-order valence-electron chi connectivity index (χ0n) is 20.2. The predicted octanol–water partition coefficient (Wildman–Crippen LogP) is 5.02. The molecule has 1 saturated carbocycles. The molecule has 1 aliphatic carbocycles. The van der Waals surface area contributed by atoms with Crippen LogP contribution in [0.15, 0.2) is 42.5 Å². The van der Waals surface area contributed by atoms with E-state index in [0.717, 1.165) is 42.7 Å². The molecule has 1 aliphatic rings. The molecule has 2 amide bonds. The molecule has 0 saturated heterocycles. The molecule has 1 fully saturated rings. The molecule has 0 aromatic heterocycles. The fourth-order valence-electron chi connectivity index (χ4n) is 4.43. The number of benzene rings is 2. The molecule has 33 heavy (non-hydrogen) atoms. The van der Waals surface area contributed by atoms with Gasteiger partial charge in [0.15, 0.2) is 0 Å². The molecule has 1 atom stereocenters. The van der Waals surface area contributed by atoms with Crippen molar-refractivity contribution in [1.29, 1.82) is 0 Å². The van der Waals surface area contributed by atoms with Crippen LogP contribution < -0.4 is 10.1 Å². The van der Waals surface area contributed by atoms with Crippen molar-refractivity contribution < 1.29 is 14.3 Å². The lowest BCUT2D eigenvalue weighted by molar-refractivity contribution is -0.138. The average molecular weight is 469 g/mol. The summed E-state index contributed by atoms with van der Waals surface area (Å²) in [5.41, 5.74) is 4.63. The van der Waals surface area contributed by atoms with E-state index in [4.69, 9.17) is 4.74 Å². The standard InChI is InChI=1S/C27H36N2O3S/c1-19-12-20(2)14-23(13-19)17-33-18-26(30)29(16-22-8-7-11-25(15-22)32-4)21(3)27(31)28-24-9-5-6-10-24/h7-8,11-15,21,24H,5-6,9-10,16-18H2,1-4H3,(H,28,31)/t21-/m1/s1. The van der Waals surface area contributed by atoms with E-state index in [-0.39, 0.29) is 17.9 Å². The molecule has 2 aromatic rings. The second-order valence-electron chi connectivity index (χ2n) is 9.03. The van der Waals surface area contributed by atoms with Crippen LogP contribution in [0.2, 0.25) is 0 Å². The van der Waals surface area contributed by atoms with Crippen molar-refractivity contribution in [3.63, 3.8) is 0 Å². The number of rotatable bonds is 10. The number of ether oxygens (including phenoxy) is 1. The topological polar surface area (TPSA) is 58.6 Å². The third kappa shape index (κ3) is 7.53. The van der Waals surface area contributed by atoms with Gasteiger partial charge in [0.25, 0.3) is 0 Å². The lowest BCUT2D eigenvalue weighted by Gasteiger charge is -2.30. The van der Waals surface area contributed by atoms with Gasteiger partial charge in [-0.1, -0.05) is 54.3 Å². The van der Waals surface area contributed by atoms with Crippen molar-refractivity contribution in [2.75, 3.05) is 12.9 Å². The summed E-state index contributed by atoms with van der Waals surface area (Å²) in [4.78, 5) is 28.0. The van der Waals surface area contributed by atoms with Crippen molar-refractivity contribution in [1.82, 2.24) is 10.2 Å². The minimum absolute atomic E-state index is 0.0266. The molecule has 5 nitrogen and oxygen atoms in total. The Morgan fingerprint density at radius 1 is 1.09 bits per heavy atom. The second-order valence-corrected chi connectivity index (χ2v) is 10.0. The van der Waals surface area contributed by atoms with E-state index in [1.54, 1.807) is 23.8 Å². The highest BCUT2D eigenvalue weighted by Crippen LogP contribution is 2.21. The number of nitrogens with zero attached hydrogens (tertiary/aromatic N) is 1. The van der Waals surface area contributed by atoms with Crippen LogP contribution in [0, 0.1) is 13.8 Å². The molecule has 0 spiro atoms. The van der Waals surface area contributed by atoms with Gasteiger partial charge >= 0.3 is 0 Å².